The molecule has 0 fully saturated rings. The highest BCUT2D eigenvalue weighted by Crippen LogP contribution is 2.32. The van der Waals surface area contributed by atoms with E-state index in [0.717, 1.165) is 18.7 Å². The second-order valence-electron chi connectivity index (χ2n) is 4.46. The fraction of sp³-hybridized carbons (Fsp3) is 0.467. The quantitative estimate of drug-likeness (QED) is 0.852. The Morgan fingerprint density at radius 3 is 2.62 bits per heavy atom. The Bertz CT molecular complexity index is 586. The van der Waals surface area contributed by atoms with Gasteiger partial charge in [-0.2, -0.15) is 4.98 Å². The molecule has 2 rings (SSSR count). The molecule has 0 saturated heterocycles. The van der Waals surface area contributed by atoms with Crippen LogP contribution >= 0.6 is 11.3 Å². The maximum Gasteiger partial charge on any atom is 0.240 e. The molecule has 0 aliphatic carbocycles. The second-order valence-corrected chi connectivity index (χ2v) is 5.66. The third-order valence-electron chi connectivity index (χ3n) is 3.14. The van der Waals surface area contributed by atoms with Crippen LogP contribution in [0.1, 0.15) is 35.3 Å². The molecule has 0 spiro atoms. The lowest BCUT2D eigenvalue weighted by molar-refractivity contribution is 0.353. The summed E-state index contributed by atoms with van der Waals surface area (Å²) in [5.41, 5.74) is 0.782. The molecule has 1 N–H and O–H groups in total. The molecule has 0 radical (unpaired) electrons. The van der Waals surface area contributed by atoms with Gasteiger partial charge in [-0.15, -0.1) is 11.3 Å². The molecule has 0 aromatic carbocycles. The number of nitrogens with one attached hydrogen (secondary N) is 1. The number of nitrogens with zero attached hydrogens (tertiary/aromatic N) is 2. The molecule has 2 aromatic heterocycles. The van der Waals surface area contributed by atoms with Crippen LogP contribution in [0.25, 0.3) is 0 Å². The van der Waals surface area contributed by atoms with E-state index in [1.54, 1.807) is 31.8 Å². The van der Waals surface area contributed by atoms with Gasteiger partial charge < -0.3 is 14.8 Å². The minimum atomic E-state index is -0.0198. The van der Waals surface area contributed by atoms with E-state index < -0.39 is 0 Å². The summed E-state index contributed by atoms with van der Waals surface area (Å²) in [7, 11) is 3.17. The highest BCUT2D eigenvalue weighted by atomic mass is 32.1. The third kappa shape index (κ3) is 3.51. The van der Waals surface area contributed by atoms with E-state index in [9.17, 15) is 0 Å². The van der Waals surface area contributed by atoms with Crippen molar-refractivity contribution in [1.82, 2.24) is 15.3 Å². The predicted molar refractivity (Wildman–Crippen MR) is 84.4 cm³/mol. The van der Waals surface area contributed by atoms with E-state index in [0.29, 0.717) is 11.8 Å². The molecule has 0 amide bonds. The van der Waals surface area contributed by atoms with Crippen molar-refractivity contribution in [3.8, 4) is 11.8 Å². The van der Waals surface area contributed by atoms with Crippen molar-refractivity contribution in [2.45, 2.75) is 26.3 Å². The van der Waals surface area contributed by atoms with E-state index in [4.69, 9.17) is 9.47 Å². The normalized spacial score (nSPS) is 12.2. The van der Waals surface area contributed by atoms with Crippen molar-refractivity contribution in [2.75, 3.05) is 20.8 Å². The molecule has 0 saturated carbocycles. The number of rotatable bonds is 7. The number of aromatic nitrogens is 2. The van der Waals surface area contributed by atoms with Crippen molar-refractivity contribution in [1.29, 1.82) is 0 Å². The van der Waals surface area contributed by atoms with Crippen LogP contribution in [-0.4, -0.2) is 30.7 Å². The monoisotopic (exact) mass is 307 g/mol. The van der Waals surface area contributed by atoms with Crippen LogP contribution in [0.15, 0.2) is 18.3 Å². The van der Waals surface area contributed by atoms with Crippen LogP contribution in [-0.2, 0) is 6.42 Å². The summed E-state index contributed by atoms with van der Waals surface area (Å²) in [4.78, 5) is 11.4. The minimum Gasteiger partial charge on any atom is -0.480 e. The summed E-state index contributed by atoms with van der Waals surface area (Å²) >= 11 is 1.79. The Morgan fingerprint density at radius 1 is 1.24 bits per heavy atom. The zero-order valence-corrected chi connectivity index (χ0v) is 13.7. The van der Waals surface area contributed by atoms with Crippen molar-refractivity contribution >= 4 is 11.3 Å². The van der Waals surface area contributed by atoms with Crippen molar-refractivity contribution in [3.63, 3.8) is 0 Å². The zero-order chi connectivity index (χ0) is 15.2. The first-order chi connectivity index (χ1) is 10.2. The summed E-state index contributed by atoms with van der Waals surface area (Å²) in [6.07, 6.45) is 2.66. The molecule has 2 aromatic rings. The SMILES string of the molecule is CCNC(c1ccc(CC)s1)c1ncc(OC)nc1OC. The fourth-order valence-electron chi connectivity index (χ4n) is 2.09. The smallest absolute Gasteiger partial charge is 0.240 e. The van der Waals surface area contributed by atoms with Gasteiger partial charge in [0.2, 0.25) is 11.8 Å². The number of hydrogen-bond donors (Lipinski definition) is 1. The van der Waals surface area contributed by atoms with Crippen LogP contribution in [0, 0.1) is 0 Å². The van der Waals surface area contributed by atoms with E-state index in [1.165, 1.54) is 9.75 Å². The van der Waals surface area contributed by atoms with E-state index in [2.05, 4.69) is 41.3 Å². The summed E-state index contributed by atoms with van der Waals surface area (Å²) in [6.45, 7) is 5.07. The fourth-order valence-corrected chi connectivity index (χ4v) is 3.12. The predicted octanol–water partition coefficient (Wildman–Crippen LogP) is 2.82. The Hall–Kier alpha value is -1.66. The molecule has 114 valence electrons. The molecule has 0 aliphatic heterocycles. The number of methoxy groups -OCH3 is 2. The highest BCUT2D eigenvalue weighted by Gasteiger charge is 2.22. The maximum atomic E-state index is 5.38. The molecular formula is C15H21N3O2S. The lowest BCUT2D eigenvalue weighted by Crippen LogP contribution is -2.23. The van der Waals surface area contributed by atoms with Crippen molar-refractivity contribution in [3.05, 3.63) is 33.8 Å². The Balaban J connectivity index is 2.41. The standard InChI is InChI=1S/C15H21N3O2S/c1-5-10-7-8-11(21-10)13(16-6-2)14-15(20-4)18-12(19-3)9-17-14/h7-9,13,16H,5-6H2,1-4H3. The van der Waals surface area contributed by atoms with Crippen LogP contribution in [0.3, 0.4) is 0 Å². The summed E-state index contributed by atoms with van der Waals surface area (Å²) in [5.74, 6) is 0.943. The van der Waals surface area contributed by atoms with Gasteiger partial charge in [0.25, 0.3) is 0 Å². The van der Waals surface area contributed by atoms with Gasteiger partial charge in [-0.3, -0.25) is 0 Å². The topological polar surface area (TPSA) is 56.3 Å². The van der Waals surface area contributed by atoms with E-state index in [1.807, 2.05) is 0 Å². The molecular weight excluding hydrogens is 286 g/mol. The molecule has 1 unspecified atom stereocenters. The Labute approximate surface area is 129 Å². The van der Waals surface area contributed by atoms with Gasteiger partial charge in [-0.25, -0.2) is 4.98 Å². The lowest BCUT2D eigenvalue weighted by atomic mass is 10.1. The molecule has 0 bridgehead atoms. The van der Waals surface area contributed by atoms with Gasteiger partial charge in [-0.05, 0) is 25.1 Å². The Kier molecular flexibility index (Phi) is 5.52. The van der Waals surface area contributed by atoms with E-state index in [-0.39, 0.29) is 6.04 Å². The van der Waals surface area contributed by atoms with Crippen LogP contribution in [0.4, 0.5) is 0 Å². The third-order valence-corrected chi connectivity index (χ3v) is 4.44. The van der Waals surface area contributed by atoms with Gasteiger partial charge in [-0.1, -0.05) is 13.8 Å². The zero-order valence-electron chi connectivity index (χ0n) is 12.8. The highest BCUT2D eigenvalue weighted by molar-refractivity contribution is 7.12. The van der Waals surface area contributed by atoms with Crippen molar-refractivity contribution < 1.29 is 9.47 Å². The van der Waals surface area contributed by atoms with Gasteiger partial charge >= 0.3 is 0 Å². The summed E-state index contributed by atoms with van der Waals surface area (Å²) < 4.78 is 10.5. The number of aryl methyl sites for hydroxylation is 1. The average Bonchev–Trinajstić information content (AvgIpc) is 3.00. The first-order valence-electron chi connectivity index (χ1n) is 7.00. The van der Waals surface area contributed by atoms with Gasteiger partial charge in [0, 0.05) is 9.75 Å². The number of hydrogen-bond acceptors (Lipinski definition) is 6. The van der Waals surface area contributed by atoms with Crippen LogP contribution < -0.4 is 14.8 Å². The summed E-state index contributed by atoms with van der Waals surface area (Å²) in [6, 6.07) is 4.28. The summed E-state index contributed by atoms with van der Waals surface area (Å²) in [5, 5.41) is 3.45. The van der Waals surface area contributed by atoms with Gasteiger partial charge in [0.15, 0.2) is 0 Å². The van der Waals surface area contributed by atoms with E-state index >= 15 is 0 Å². The Morgan fingerprint density at radius 2 is 2.05 bits per heavy atom. The van der Waals surface area contributed by atoms with Crippen molar-refractivity contribution in [2.24, 2.45) is 0 Å². The molecule has 5 nitrogen and oxygen atoms in total. The maximum absolute atomic E-state index is 5.38. The minimum absolute atomic E-state index is 0.0198. The molecule has 0 aliphatic rings. The van der Waals surface area contributed by atoms with Crippen LogP contribution in [0.2, 0.25) is 0 Å². The van der Waals surface area contributed by atoms with Crippen LogP contribution in [0.5, 0.6) is 11.8 Å². The number of thiophene rings is 1. The molecule has 2 heterocycles. The second kappa shape index (κ2) is 7.38. The average molecular weight is 307 g/mol. The molecule has 21 heavy (non-hydrogen) atoms. The first-order valence-corrected chi connectivity index (χ1v) is 7.82. The first kappa shape index (κ1) is 15.7. The lowest BCUT2D eigenvalue weighted by Gasteiger charge is -2.18. The van der Waals surface area contributed by atoms with Gasteiger partial charge in [0.05, 0.1) is 26.5 Å². The number of ether oxygens (including phenoxy) is 2. The largest absolute Gasteiger partial charge is 0.480 e. The molecule has 6 heteroatoms. The van der Waals surface area contributed by atoms with Gasteiger partial charge in [0.1, 0.15) is 5.69 Å². The molecule has 1 atom stereocenters.